The molecule has 0 aromatic carbocycles. The highest BCUT2D eigenvalue weighted by molar-refractivity contribution is 5.82. The molecule has 1 aliphatic carbocycles. The second kappa shape index (κ2) is 6.14. The predicted molar refractivity (Wildman–Crippen MR) is 63.8 cm³/mol. The molecular formula is C13H17N. The molecule has 0 bridgehead atoms. The van der Waals surface area contributed by atoms with Crippen LogP contribution in [-0.2, 0) is 0 Å². The van der Waals surface area contributed by atoms with E-state index >= 15 is 0 Å². The van der Waals surface area contributed by atoms with Crippen LogP contribution in [0.2, 0.25) is 0 Å². The van der Waals surface area contributed by atoms with Crippen molar-refractivity contribution < 1.29 is 0 Å². The van der Waals surface area contributed by atoms with Crippen molar-refractivity contribution in [2.24, 2.45) is 4.99 Å². The van der Waals surface area contributed by atoms with Gasteiger partial charge in [-0.05, 0) is 25.3 Å². The standard InChI is InChI=1S/C13H17N/c1-12(2)9-10-14-11-13-7-5-3-4-6-8-13/h3,5-8,11H,1,4,9-10H2,2H3. The Balaban J connectivity index is 2.39. The fourth-order valence-corrected chi connectivity index (χ4v) is 1.11. The van der Waals surface area contributed by atoms with Crippen LogP contribution in [0.5, 0.6) is 0 Å². The summed E-state index contributed by atoms with van der Waals surface area (Å²) < 4.78 is 0. The molecule has 0 spiro atoms. The first kappa shape index (κ1) is 10.7. The van der Waals surface area contributed by atoms with E-state index in [1.807, 2.05) is 13.1 Å². The summed E-state index contributed by atoms with van der Waals surface area (Å²) in [4.78, 5) is 4.34. The third-order valence-electron chi connectivity index (χ3n) is 1.92. The topological polar surface area (TPSA) is 12.4 Å². The maximum absolute atomic E-state index is 4.34. The SMILES string of the molecule is C=C(C)CCN=CC1=CC=CCC=C1. The van der Waals surface area contributed by atoms with E-state index in [4.69, 9.17) is 0 Å². The highest BCUT2D eigenvalue weighted by atomic mass is 14.7. The lowest BCUT2D eigenvalue weighted by Gasteiger charge is -1.93. The quantitative estimate of drug-likeness (QED) is 0.472. The molecule has 74 valence electrons. The van der Waals surface area contributed by atoms with Crippen molar-refractivity contribution in [3.63, 3.8) is 0 Å². The van der Waals surface area contributed by atoms with Crippen molar-refractivity contribution in [2.75, 3.05) is 6.54 Å². The van der Waals surface area contributed by atoms with Crippen molar-refractivity contribution in [2.45, 2.75) is 19.8 Å². The van der Waals surface area contributed by atoms with Gasteiger partial charge >= 0.3 is 0 Å². The zero-order valence-electron chi connectivity index (χ0n) is 8.74. The molecule has 0 aromatic heterocycles. The molecule has 1 nitrogen and oxygen atoms in total. The van der Waals surface area contributed by atoms with Gasteiger partial charge in [-0.15, -0.1) is 6.58 Å². The van der Waals surface area contributed by atoms with E-state index in [0.717, 1.165) is 19.4 Å². The minimum absolute atomic E-state index is 0.838. The number of rotatable bonds is 4. The summed E-state index contributed by atoms with van der Waals surface area (Å²) >= 11 is 0. The van der Waals surface area contributed by atoms with E-state index in [0.29, 0.717) is 0 Å². The van der Waals surface area contributed by atoms with Crippen LogP contribution in [0.3, 0.4) is 0 Å². The summed E-state index contributed by atoms with van der Waals surface area (Å²) in [7, 11) is 0. The number of aliphatic imine (C=N–C) groups is 1. The smallest absolute Gasteiger partial charge is 0.0426 e. The van der Waals surface area contributed by atoms with Crippen molar-refractivity contribution in [3.05, 3.63) is 48.1 Å². The van der Waals surface area contributed by atoms with Crippen LogP contribution in [0, 0.1) is 0 Å². The van der Waals surface area contributed by atoms with Crippen LogP contribution in [0.15, 0.2) is 53.1 Å². The highest BCUT2D eigenvalue weighted by Crippen LogP contribution is 2.02. The maximum atomic E-state index is 4.34. The van der Waals surface area contributed by atoms with Gasteiger partial charge in [0.05, 0.1) is 0 Å². The van der Waals surface area contributed by atoms with E-state index in [-0.39, 0.29) is 0 Å². The van der Waals surface area contributed by atoms with E-state index in [1.165, 1.54) is 11.1 Å². The molecule has 1 aliphatic rings. The average Bonchev–Trinajstić information content (AvgIpc) is 2.40. The van der Waals surface area contributed by atoms with E-state index in [2.05, 4.69) is 42.0 Å². The molecule has 14 heavy (non-hydrogen) atoms. The van der Waals surface area contributed by atoms with Crippen LogP contribution in [0.1, 0.15) is 19.8 Å². The lowest BCUT2D eigenvalue weighted by molar-refractivity contribution is 0.959. The molecule has 1 heteroatoms. The number of hydrogen-bond donors (Lipinski definition) is 0. The minimum atomic E-state index is 0.838. The van der Waals surface area contributed by atoms with Crippen LogP contribution in [0.4, 0.5) is 0 Å². The second-order valence-electron chi connectivity index (χ2n) is 3.48. The number of nitrogens with zero attached hydrogens (tertiary/aromatic N) is 1. The Morgan fingerprint density at radius 3 is 3.21 bits per heavy atom. The molecule has 0 atom stereocenters. The number of hydrogen-bond acceptors (Lipinski definition) is 1. The van der Waals surface area contributed by atoms with E-state index in [9.17, 15) is 0 Å². The fraction of sp³-hybridized carbons (Fsp3) is 0.308. The molecule has 0 saturated heterocycles. The van der Waals surface area contributed by atoms with Crippen LogP contribution in [0.25, 0.3) is 0 Å². The first-order valence-corrected chi connectivity index (χ1v) is 4.96. The minimum Gasteiger partial charge on any atom is -0.292 e. The molecule has 0 aromatic rings. The van der Waals surface area contributed by atoms with E-state index in [1.54, 1.807) is 0 Å². The zero-order chi connectivity index (χ0) is 10.2. The van der Waals surface area contributed by atoms with Gasteiger partial charge in [0.15, 0.2) is 0 Å². The molecule has 0 fully saturated rings. The Kier molecular flexibility index (Phi) is 4.70. The van der Waals surface area contributed by atoms with Gasteiger partial charge in [0.2, 0.25) is 0 Å². The molecule has 0 heterocycles. The first-order valence-electron chi connectivity index (χ1n) is 4.96. The Morgan fingerprint density at radius 1 is 1.57 bits per heavy atom. The first-order chi connectivity index (χ1) is 6.79. The molecule has 0 amide bonds. The molecule has 0 aliphatic heterocycles. The normalized spacial score (nSPS) is 15.6. The van der Waals surface area contributed by atoms with Gasteiger partial charge in [0.1, 0.15) is 0 Å². The molecule has 0 unspecified atom stereocenters. The van der Waals surface area contributed by atoms with Crippen molar-refractivity contribution in [1.29, 1.82) is 0 Å². The van der Waals surface area contributed by atoms with Gasteiger partial charge in [-0.1, -0.05) is 36.0 Å². The predicted octanol–water partition coefficient (Wildman–Crippen LogP) is 3.47. The third kappa shape index (κ3) is 4.61. The second-order valence-corrected chi connectivity index (χ2v) is 3.48. The lowest BCUT2D eigenvalue weighted by Crippen LogP contribution is -1.85. The monoisotopic (exact) mass is 187 g/mol. The molecule has 0 saturated carbocycles. The lowest BCUT2D eigenvalue weighted by atomic mass is 10.2. The van der Waals surface area contributed by atoms with Gasteiger partial charge in [0.25, 0.3) is 0 Å². The van der Waals surface area contributed by atoms with Crippen LogP contribution in [-0.4, -0.2) is 12.8 Å². The molecule has 0 radical (unpaired) electrons. The average molecular weight is 187 g/mol. The highest BCUT2D eigenvalue weighted by Gasteiger charge is 1.88. The number of allylic oxidation sites excluding steroid dienone is 6. The Labute approximate surface area is 86.2 Å². The summed E-state index contributed by atoms with van der Waals surface area (Å²) in [5.74, 6) is 0. The van der Waals surface area contributed by atoms with Crippen molar-refractivity contribution in [3.8, 4) is 0 Å². The third-order valence-corrected chi connectivity index (χ3v) is 1.92. The fourth-order valence-electron chi connectivity index (χ4n) is 1.11. The van der Waals surface area contributed by atoms with Gasteiger partial charge in [-0.3, -0.25) is 4.99 Å². The molecule has 1 rings (SSSR count). The van der Waals surface area contributed by atoms with Crippen LogP contribution < -0.4 is 0 Å². The Morgan fingerprint density at radius 2 is 2.43 bits per heavy atom. The van der Waals surface area contributed by atoms with Gasteiger partial charge in [-0.2, -0.15) is 0 Å². The van der Waals surface area contributed by atoms with Crippen molar-refractivity contribution in [1.82, 2.24) is 0 Å². The zero-order valence-corrected chi connectivity index (χ0v) is 8.74. The largest absolute Gasteiger partial charge is 0.292 e. The summed E-state index contributed by atoms with van der Waals surface area (Å²) in [6, 6.07) is 0. The van der Waals surface area contributed by atoms with Gasteiger partial charge in [-0.25, -0.2) is 0 Å². The van der Waals surface area contributed by atoms with Crippen LogP contribution >= 0.6 is 0 Å². The van der Waals surface area contributed by atoms with Gasteiger partial charge in [0, 0.05) is 12.8 Å². The molecule has 0 N–H and O–H groups in total. The molecular weight excluding hydrogens is 170 g/mol. The van der Waals surface area contributed by atoms with Crippen molar-refractivity contribution >= 4 is 6.21 Å². The Hall–Kier alpha value is -1.37. The summed E-state index contributed by atoms with van der Waals surface area (Å²) in [5, 5.41) is 0. The Bertz CT molecular complexity index is 303. The summed E-state index contributed by atoms with van der Waals surface area (Å²) in [6.45, 7) is 6.71. The van der Waals surface area contributed by atoms with E-state index < -0.39 is 0 Å². The summed E-state index contributed by atoms with van der Waals surface area (Å²) in [6.07, 6.45) is 14.4. The van der Waals surface area contributed by atoms with Gasteiger partial charge < -0.3 is 0 Å². The maximum Gasteiger partial charge on any atom is 0.0426 e. The summed E-state index contributed by atoms with van der Waals surface area (Å²) in [5.41, 5.74) is 2.35.